The summed E-state index contributed by atoms with van der Waals surface area (Å²) in [6, 6.07) is 5.77. The van der Waals surface area contributed by atoms with Crippen LogP contribution in [0.15, 0.2) is 18.2 Å². The van der Waals surface area contributed by atoms with Gasteiger partial charge in [0.2, 0.25) is 0 Å². The zero-order valence-electron chi connectivity index (χ0n) is 11.5. The summed E-state index contributed by atoms with van der Waals surface area (Å²) in [4.78, 5) is 4.75. The van der Waals surface area contributed by atoms with Gasteiger partial charge in [-0.1, -0.05) is 6.07 Å². The van der Waals surface area contributed by atoms with Crippen LogP contribution in [0, 0.1) is 5.82 Å². The molecule has 1 atom stereocenters. The molecule has 2 aliphatic heterocycles. The summed E-state index contributed by atoms with van der Waals surface area (Å²) in [6.07, 6.45) is 1.12. The number of halogens is 2. The van der Waals surface area contributed by atoms with Crippen molar-refractivity contribution in [2.24, 2.45) is 0 Å². The highest BCUT2D eigenvalue weighted by Crippen LogP contribution is 2.29. The van der Waals surface area contributed by atoms with Crippen LogP contribution in [0.25, 0.3) is 0 Å². The minimum atomic E-state index is -0.202. The molecule has 110 valence electrons. The lowest BCUT2D eigenvalue weighted by atomic mass is 10.1. The molecule has 2 saturated heterocycles. The molecule has 2 heterocycles. The monoisotopic (exact) mass is 298 g/mol. The van der Waals surface area contributed by atoms with E-state index >= 15 is 0 Å². The Morgan fingerprint density at radius 1 is 1.25 bits per heavy atom. The maximum atomic E-state index is 13.8. The van der Waals surface area contributed by atoms with E-state index in [1.54, 1.807) is 6.07 Å². The van der Waals surface area contributed by atoms with Gasteiger partial charge in [-0.05, 0) is 18.6 Å². The van der Waals surface area contributed by atoms with Gasteiger partial charge in [0.1, 0.15) is 5.82 Å². The Morgan fingerprint density at radius 2 is 2.05 bits per heavy atom. The standard InChI is InChI=1S/C15H20ClFN2O/c16-10-13-14(17)2-1-3-15(13)19-5-4-12(11-19)18-6-8-20-9-7-18/h1-3,12H,4-11H2. The van der Waals surface area contributed by atoms with Gasteiger partial charge in [-0.3, -0.25) is 4.90 Å². The van der Waals surface area contributed by atoms with Gasteiger partial charge in [0.25, 0.3) is 0 Å². The van der Waals surface area contributed by atoms with Crippen LogP contribution in [-0.2, 0) is 10.6 Å². The van der Waals surface area contributed by atoms with Gasteiger partial charge in [-0.15, -0.1) is 11.6 Å². The summed E-state index contributed by atoms with van der Waals surface area (Å²) in [5.41, 5.74) is 1.58. The normalized spacial score (nSPS) is 24.3. The summed E-state index contributed by atoms with van der Waals surface area (Å²) in [6.45, 7) is 5.57. The average Bonchev–Trinajstić information content (AvgIpc) is 2.97. The SMILES string of the molecule is Fc1cccc(N2CCC(N3CCOCC3)C2)c1CCl. The lowest BCUT2D eigenvalue weighted by Gasteiger charge is -2.32. The largest absolute Gasteiger partial charge is 0.379 e. The molecule has 0 radical (unpaired) electrons. The Morgan fingerprint density at radius 3 is 2.80 bits per heavy atom. The lowest BCUT2D eigenvalue weighted by molar-refractivity contribution is 0.0209. The molecule has 2 aliphatic rings. The average molecular weight is 299 g/mol. The zero-order chi connectivity index (χ0) is 13.9. The number of anilines is 1. The number of rotatable bonds is 3. The Labute approximate surface area is 124 Å². The van der Waals surface area contributed by atoms with Crippen molar-refractivity contribution in [3.63, 3.8) is 0 Å². The second kappa shape index (κ2) is 6.29. The fourth-order valence-electron chi connectivity index (χ4n) is 3.18. The summed E-state index contributed by atoms with van der Waals surface area (Å²) in [5.74, 6) is 0.0214. The minimum absolute atomic E-state index is 0.202. The Bertz CT molecular complexity index is 465. The van der Waals surface area contributed by atoms with Crippen molar-refractivity contribution in [2.45, 2.75) is 18.3 Å². The maximum Gasteiger partial charge on any atom is 0.129 e. The smallest absolute Gasteiger partial charge is 0.129 e. The number of benzene rings is 1. The second-order valence-electron chi connectivity index (χ2n) is 5.41. The van der Waals surface area contributed by atoms with E-state index in [2.05, 4.69) is 9.80 Å². The van der Waals surface area contributed by atoms with Gasteiger partial charge >= 0.3 is 0 Å². The first kappa shape index (κ1) is 14.1. The van der Waals surface area contributed by atoms with Crippen molar-refractivity contribution in [3.8, 4) is 0 Å². The summed E-state index contributed by atoms with van der Waals surface area (Å²) in [5, 5.41) is 0. The highest BCUT2D eigenvalue weighted by atomic mass is 35.5. The molecule has 20 heavy (non-hydrogen) atoms. The number of hydrogen-bond donors (Lipinski definition) is 0. The minimum Gasteiger partial charge on any atom is -0.379 e. The molecule has 0 saturated carbocycles. The predicted molar refractivity (Wildman–Crippen MR) is 79.0 cm³/mol. The van der Waals surface area contributed by atoms with E-state index < -0.39 is 0 Å². The van der Waals surface area contributed by atoms with E-state index in [4.69, 9.17) is 16.3 Å². The first-order valence-electron chi connectivity index (χ1n) is 7.19. The molecule has 3 nitrogen and oxygen atoms in total. The molecule has 0 bridgehead atoms. The lowest BCUT2D eigenvalue weighted by Crippen LogP contribution is -2.44. The van der Waals surface area contributed by atoms with Crippen LogP contribution in [0.3, 0.4) is 0 Å². The fourth-order valence-corrected chi connectivity index (χ4v) is 3.44. The van der Waals surface area contributed by atoms with E-state index in [9.17, 15) is 4.39 Å². The van der Waals surface area contributed by atoms with Gasteiger partial charge in [-0.25, -0.2) is 4.39 Å². The predicted octanol–water partition coefficient (Wildman–Crippen LogP) is 2.48. The van der Waals surface area contributed by atoms with Crippen molar-refractivity contribution < 1.29 is 9.13 Å². The van der Waals surface area contributed by atoms with Crippen LogP contribution in [-0.4, -0.2) is 50.3 Å². The van der Waals surface area contributed by atoms with E-state index in [1.807, 2.05) is 6.07 Å². The molecule has 1 unspecified atom stereocenters. The number of morpholine rings is 1. The van der Waals surface area contributed by atoms with Gasteiger partial charge < -0.3 is 9.64 Å². The third-order valence-corrected chi connectivity index (χ3v) is 4.56. The van der Waals surface area contributed by atoms with Gasteiger partial charge in [0.05, 0.1) is 19.1 Å². The Balaban J connectivity index is 1.72. The zero-order valence-corrected chi connectivity index (χ0v) is 12.3. The summed E-state index contributed by atoms with van der Waals surface area (Å²) in [7, 11) is 0. The number of hydrogen-bond acceptors (Lipinski definition) is 3. The van der Waals surface area contributed by atoms with Crippen LogP contribution in [0.1, 0.15) is 12.0 Å². The molecular formula is C15H20ClFN2O. The molecule has 2 fully saturated rings. The van der Waals surface area contributed by atoms with E-state index in [0.29, 0.717) is 11.6 Å². The van der Waals surface area contributed by atoms with E-state index in [1.165, 1.54) is 6.07 Å². The molecule has 0 N–H and O–H groups in total. The topological polar surface area (TPSA) is 15.7 Å². The van der Waals surface area contributed by atoms with Crippen molar-refractivity contribution in [3.05, 3.63) is 29.6 Å². The van der Waals surface area contributed by atoms with Crippen LogP contribution >= 0.6 is 11.6 Å². The van der Waals surface area contributed by atoms with E-state index in [-0.39, 0.29) is 11.7 Å². The molecule has 0 spiro atoms. The quantitative estimate of drug-likeness (QED) is 0.798. The van der Waals surface area contributed by atoms with Crippen LogP contribution in [0.2, 0.25) is 0 Å². The van der Waals surface area contributed by atoms with Crippen molar-refractivity contribution >= 4 is 17.3 Å². The highest BCUT2D eigenvalue weighted by molar-refractivity contribution is 6.17. The Kier molecular flexibility index (Phi) is 4.44. The molecule has 0 amide bonds. The first-order valence-corrected chi connectivity index (χ1v) is 7.73. The molecule has 0 aliphatic carbocycles. The van der Waals surface area contributed by atoms with Crippen molar-refractivity contribution in [2.75, 3.05) is 44.3 Å². The van der Waals surface area contributed by atoms with Gasteiger partial charge in [0, 0.05) is 43.5 Å². The molecule has 5 heteroatoms. The third kappa shape index (κ3) is 2.78. The molecule has 1 aromatic rings. The van der Waals surface area contributed by atoms with E-state index in [0.717, 1.165) is 51.5 Å². The maximum absolute atomic E-state index is 13.8. The summed E-state index contributed by atoms with van der Waals surface area (Å²) < 4.78 is 19.2. The number of nitrogens with zero attached hydrogens (tertiary/aromatic N) is 2. The summed E-state index contributed by atoms with van der Waals surface area (Å²) >= 11 is 5.91. The number of ether oxygens (including phenoxy) is 1. The third-order valence-electron chi connectivity index (χ3n) is 4.29. The fraction of sp³-hybridized carbons (Fsp3) is 0.600. The number of alkyl halides is 1. The van der Waals surface area contributed by atoms with Crippen LogP contribution < -0.4 is 4.90 Å². The molecule has 1 aromatic carbocycles. The second-order valence-corrected chi connectivity index (χ2v) is 5.68. The van der Waals surface area contributed by atoms with Gasteiger partial charge in [0.15, 0.2) is 0 Å². The first-order chi connectivity index (χ1) is 9.79. The molecule has 3 rings (SSSR count). The van der Waals surface area contributed by atoms with Crippen LogP contribution in [0.5, 0.6) is 0 Å². The Hall–Kier alpha value is -0.840. The van der Waals surface area contributed by atoms with Crippen molar-refractivity contribution in [1.82, 2.24) is 4.90 Å². The van der Waals surface area contributed by atoms with Crippen LogP contribution in [0.4, 0.5) is 10.1 Å². The van der Waals surface area contributed by atoms with Crippen molar-refractivity contribution in [1.29, 1.82) is 0 Å². The highest BCUT2D eigenvalue weighted by Gasteiger charge is 2.29. The molecule has 0 aromatic heterocycles. The van der Waals surface area contributed by atoms with Gasteiger partial charge in [-0.2, -0.15) is 0 Å². The molecular weight excluding hydrogens is 279 g/mol.